The summed E-state index contributed by atoms with van der Waals surface area (Å²) >= 11 is 6.31. The number of nitrogens with zero attached hydrogens (tertiary/aromatic N) is 3. The van der Waals surface area contributed by atoms with E-state index < -0.39 is 5.97 Å². The van der Waals surface area contributed by atoms with Crippen molar-refractivity contribution < 1.29 is 9.53 Å². The molecule has 2 aromatic heterocycles. The van der Waals surface area contributed by atoms with Gasteiger partial charge in [-0.25, -0.2) is 14.8 Å². The molecule has 0 amide bonds. The predicted molar refractivity (Wildman–Crippen MR) is 78.1 cm³/mol. The fourth-order valence-electron chi connectivity index (χ4n) is 2.07. The van der Waals surface area contributed by atoms with Gasteiger partial charge in [-0.1, -0.05) is 24.9 Å². The second-order valence-corrected chi connectivity index (χ2v) is 4.95. The monoisotopic (exact) mass is 295 g/mol. The molecule has 0 aliphatic carbocycles. The number of esters is 1. The summed E-state index contributed by atoms with van der Waals surface area (Å²) in [6, 6.07) is 0. The van der Waals surface area contributed by atoms with Crippen molar-refractivity contribution in [1.82, 2.24) is 14.5 Å². The van der Waals surface area contributed by atoms with Crippen molar-refractivity contribution >= 4 is 28.7 Å². The van der Waals surface area contributed by atoms with Crippen LogP contribution in [0.2, 0.25) is 5.02 Å². The number of carbonyl (C=O) groups is 1. The Kier molecular flexibility index (Phi) is 4.60. The molecule has 0 saturated heterocycles. The molecule has 0 aromatic carbocycles. The van der Waals surface area contributed by atoms with Gasteiger partial charge in [0.05, 0.1) is 23.7 Å². The fraction of sp³-hybridized carbons (Fsp3) is 0.500. The summed E-state index contributed by atoms with van der Waals surface area (Å²) in [6.45, 7) is 6.79. The molecule has 20 heavy (non-hydrogen) atoms. The van der Waals surface area contributed by atoms with Crippen LogP contribution in [0.25, 0.3) is 11.2 Å². The van der Waals surface area contributed by atoms with Crippen LogP contribution in [0.5, 0.6) is 0 Å². The van der Waals surface area contributed by atoms with E-state index >= 15 is 0 Å². The van der Waals surface area contributed by atoms with Crippen LogP contribution < -0.4 is 0 Å². The third-order valence-electron chi connectivity index (χ3n) is 3.11. The smallest absolute Gasteiger partial charge is 0.341 e. The zero-order valence-electron chi connectivity index (χ0n) is 11.9. The Hall–Kier alpha value is -1.62. The average molecular weight is 296 g/mol. The predicted octanol–water partition coefficient (Wildman–Crippen LogP) is 3.37. The SMILES string of the molecule is CCCCn1cnc2c(Cl)c(C(=O)OCC)c(C)nc21. The minimum Gasteiger partial charge on any atom is -0.462 e. The van der Waals surface area contributed by atoms with Crippen molar-refractivity contribution in [3.05, 3.63) is 22.6 Å². The highest BCUT2D eigenvalue weighted by Gasteiger charge is 2.21. The number of imidazole rings is 1. The van der Waals surface area contributed by atoms with E-state index in [0.717, 1.165) is 19.4 Å². The molecule has 0 bridgehead atoms. The number of halogens is 1. The molecule has 6 heteroatoms. The van der Waals surface area contributed by atoms with Crippen LogP contribution in [0.15, 0.2) is 6.33 Å². The van der Waals surface area contributed by atoms with Crippen molar-refractivity contribution in [3.8, 4) is 0 Å². The molecule has 0 atom stereocenters. The number of hydrogen-bond acceptors (Lipinski definition) is 4. The highest BCUT2D eigenvalue weighted by molar-refractivity contribution is 6.37. The van der Waals surface area contributed by atoms with Gasteiger partial charge in [-0.3, -0.25) is 0 Å². The van der Waals surface area contributed by atoms with Crippen molar-refractivity contribution in [2.24, 2.45) is 0 Å². The number of fused-ring (bicyclic) bond motifs is 1. The van der Waals surface area contributed by atoms with Crippen molar-refractivity contribution in [1.29, 1.82) is 0 Å². The normalized spacial score (nSPS) is 11.0. The van der Waals surface area contributed by atoms with Gasteiger partial charge in [0.15, 0.2) is 5.65 Å². The Labute approximate surface area is 122 Å². The number of pyridine rings is 1. The first kappa shape index (κ1) is 14.8. The summed E-state index contributed by atoms with van der Waals surface area (Å²) in [6.07, 6.45) is 3.85. The average Bonchev–Trinajstić information content (AvgIpc) is 2.80. The van der Waals surface area contributed by atoms with Crippen molar-refractivity contribution in [2.75, 3.05) is 6.61 Å². The first-order valence-corrected chi connectivity index (χ1v) is 7.16. The summed E-state index contributed by atoms with van der Waals surface area (Å²) in [5.41, 5.74) is 2.14. The molecule has 0 aliphatic heterocycles. The molecule has 2 heterocycles. The molecule has 0 aliphatic rings. The molecular weight excluding hydrogens is 278 g/mol. The maximum absolute atomic E-state index is 11.9. The zero-order chi connectivity index (χ0) is 14.7. The number of hydrogen-bond donors (Lipinski definition) is 0. The maximum atomic E-state index is 11.9. The number of rotatable bonds is 5. The van der Waals surface area contributed by atoms with Crippen LogP contribution in [0, 0.1) is 6.92 Å². The fourth-order valence-corrected chi connectivity index (χ4v) is 2.42. The number of carbonyl (C=O) groups excluding carboxylic acids is 1. The maximum Gasteiger partial charge on any atom is 0.341 e. The number of aromatic nitrogens is 3. The van der Waals surface area contributed by atoms with Crippen LogP contribution in [0.1, 0.15) is 42.7 Å². The van der Waals surface area contributed by atoms with Gasteiger partial charge in [-0.2, -0.15) is 0 Å². The molecule has 0 N–H and O–H groups in total. The molecule has 0 unspecified atom stereocenters. The zero-order valence-corrected chi connectivity index (χ0v) is 12.7. The molecule has 5 nitrogen and oxygen atoms in total. The van der Waals surface area contributed by atoms with Gasteiger partial charge in [0.25, 0.3) is 0 Å². The molecule has 2 aromatic rings. The quantitative estimate of drug-likeness (QED) is 0.794. The van der Waals surface area contributed by atoms with Crippen LogP contribution in [0.3, 0.4) is 0 Å². The largest absolute Gasteiger partial charge is 0.462 e. The minimum absolute atomic E-state index is 0.303. The number of unbranched alkanes of at least 4 members (excludes halogenated alkanes) is 1. The van der Waals surface area contributed by atoms with Crippen LogP contribution in [-0.2, 0) is 11.3 Å². The molecule has 2 rings (SSSR count). The summed E-state index contributed by atoms with van der Waals surface area (Å²) in [5, 5.41) is 0.321. The molecular formula is C14H18ClN3O2. The molecule has 0 radical (unpaired) electrons. The Morgan fingerprint density at radius 1 is 1.45 bits per heavy atom. The van der Waals surface area contributed by atoms with Gasteiger partial charge in [0.2, 0.25) is 0 Å². The lowest BCUT2D eigenvalue weighted by molar-refractivity contribution is 0.0525. The lowest BCUT2D eigenvalue weighted by atomic mass is 10.2. The van der Waals surface area contributed by atoms with Gasteiger partial charge in [-0.05, 0) is 20.3 Å². The van der Waals surface area contributed by atoms with E-state index in [9.17, 15) is 4.79 Å². The van der Waals surface area contributed by atoms with E-state index in [1.54, 1.807) is 20.2 Å². The summed E-state index contributed by atoms with van der Waals surface area (Å²) in [5.74, 6) is -0.451. The Morgan fingerprint density at radius 3 is 2.85 bits per heavy atom. The van der Waals surface area contributed by atoms with Crippen LogP contribution >= 0.6 is 11.6 Å². The van der Waals surface area contributed by atoms with E-state index in [0.29, 0.717) is 34.1 Å². The molecule has 0 spiro atoms. The van der Waals surface area contributed by atoms with Gasteiger partial charge in [0.1, 0.15) is 11.1 Å². The third kappa shape index (κ3) is 2.63. The van der Waals surface area contributed by atoms with Crippen molar-refractivity contribution in [2.45, 2.75) is 40.2 Å². The van der Waals surface area contributed by atoms with E-state index in [-0.39, 0.29) is 0 Å². The highest BCUT2D eigenvalue weighted by Crippen LogP contribution is 2.28. The first-order chi connectivity index (χ1) is 9.60. The van der Waals surface area contributed by atoms with Crippen molar-refractivity contribution in [3.63, 3.8) is 0 Å². The van der Waals surface area contributed by atoms with Gasteiger partial charge >= 0.3 is 5.97 Å². The Balaban J connectivity index is 2.51. The van der Waals surface area contributed by atoms with E-state index in [1.165, 1.54) is 0 Å². The summed E-state index contributed by atoms with van der Waals surface area (Å²) < 4.78 is 6.98. The number of aryl methyl sites for hydroxylation is 2. The van der Waals surface area contributed by atoms with E-state index in [4.69, 9.17) is 16.3 Å². The molecule has 0 saturated carbocycles. The number of ether oxygens (including phenoxy) is 1. The molecule has 108 valence electrons. The lowest BCUT2D eigenvalue weighted by Crippen LogP contribution is -2.10. The Morgan fingerprint density at radius 2 is 2.20 bits per heavy atom. The van der Waals surface area contributed by atoms with Crippen LogP contribution in [0.4, 0.5) is 0 Å². The second-order valence-electron chi connectivity index (χ2n) is 4.57. The standard InChI is InChI=1S/C14H18ClN3O2/c1-4-6-7-18-8-16-12-11(15)10(14(19)20-5-2)9(3)17-13(12)18/h8H,4-7H2,1-3H3. The lowest BCUT2D eigenvalue weighted by Gasteiger charge is -2.09. The second kappa shape index (κ2) is 6.22. The Bertz CT molecular complexity index is 637. The summed E-state index contributed by atoms with van der Waals surface area (Å²) in [7, 11) is 0. The third-order valence-corrected chi connectivity index (χ3v) is 3.47. The molecule has 0 fully saturated rings. The van der Waals surface area contributed by atoms with Gasteiger partial charge in [0, 0.05) is 6.54 Å². The minimum atomic E-state index is -0.451. The highest BCUT2D eigenvalue weighted by atomic mass is 35.5. The van der Waals surface area contributed by atoms with Gasteiger partial charge < -0.3 is 9.30 Å². The first-order valence-electron chi connectivity index (χ1n) is 6.78. The van der Waals surface area contributed by atoms with Crippen LogP contribution in [-0.4, -0.2) is 27.1 Å². The summed E-state index contributed by atoms with van der Waals surface area (Å²) in [4.78, 5) is 20.7. The topological polar surface area (TPSA) is 57.0 Å². The van der Waals surface area contributed by atoms with E-state index in [1.807, 2.05) is 4.57 Å². The van der Waals surface area contributed by atoms with Gasteiger partial charge in [-0.15, -0.1) is 0 Å². The van der Waals surface area contributed by atoms with E-state index in [2.05, 4.69) is 16.9 Å².